The Labute approximate surface area is 167 Å². The lowest BCUT2D eigenvalue weighted by Gasteiger charge is -2.29. The van der Waals surface area contributed by atoms with Crippen molar-refractivity contribution >= 4 is 36.9 Å². The number of para-hydroxylation sites is 1. The van der Waals surface area contributed by atoms with E-state index in [0.717, 1.165) is 0 Å². The number of nitrogens with one attached hydrogen (secondary N) is 1. The summed E-state index contributed by atoms with van der Waals surface area (Å²) >= 11 is 1.36. The van der Waals surface area contributed by atoms with Gasteiger partial charge in [0.25, 0.3) is 0 Å². The van der Waals surface area contributed by atoms with E-state index in [1.807, 2.05) is 0 Å². The Balaban J connectivity index is 2.00. The summed E-state index contributed by atoms with van der Waals surface area (Å²) in [5.74, 6) is -1.20. The highest BCUT2D eigenvalue weighted by Crippen LogP contribution is 2.30. The first kappa shape index (κ1) is 21.9. The SMILES string of the molecule is CSCC(=O)NC1Cc2cccc(C(=O)OCOC(=O)OC(C)C)c2OB1O. The van der Waals surface area contributed by atoms with Gasteiger partial charge in [-0.1, -0.05) is 12.1 Å². The van der Waals surface area contributed by atoms with E-state index in [0.29, 0.717) is 5.56 Å². The van der Waals surface area contributed by atoms with Gasteiger partial charge in [0.15, 0.2) is 0 Å². The van der Waals surface area contributed by atoms with Crippen molar-refractivity contribution in [2.75, 3.05) is 18.8 Å². The second kappa shape index (κ2) is 10.2. The first-order chi connectivity index (χ1) is 13.3. The monoisotopic (exact) mass is 411 g/mol. The molecule has 1 aromatic rings. The summed E-state index contributed by atoms with van der Waals surface area (Å²) in [4.78, 5) is 35.3. The minimum Gasteiger partial charge on any atom is -0.534 e. The third-order valence-electron chi connectivity index (χ3n) is 3.66. The standard InChI is InChI=1S/C17H22BNO8S/c1-10(2)26-17(22)25-9-24-16(21)12-6-4-5-11-7-13(18(23)27-15(11)12)19-14(20)8-28-3/h4-6,10,13,23H,7-9H2,1-3H3,(H,19,20). The fourth-order valence-electron chi connectivity index (χ4n) is 2.52. The van der Waals surface area contributed by atoms with Crippen molar-refractivity contribution in [3.05, 3.63) is 29.3 Å². The third kappa shape index (κ3) is 6.06. The number of thioether (sulfide) groups is 1. The van der Waals surface area contributed by atoms with Gasteiger partial charge in [0.2, 0.25) is 12.7 Å². The molecule has 1 unspecified atom stereocenters. The molecule has 1 aliphatic rings. The number of ether oxygens (including phenoxy) is 3. The van der Waals surface area contributed by atoms with Crippen molar-refractivity contribution in [2.24, 2.45) is 0 Å². The van der Waals surface area contributed by atoms with E-state index in [4.69, 9.17) is 14.1 Å². The van der Waals surface area contributed by atoms with Crippen LogP contribution in [0.4, 0.5) is 4.79 Å². The maximum atomic E-state index is 12.3. The maximum absolute atomic E-state index is 12.3. The third-order valence-corrected chi connectivity index (χ3v) is 4.21. The lowest BCUT2D eigenvalue weighted by molar-refractivity contribution is -0.119. The first-order valence-corrected chi connectivity index (χ1v) is 9.96. The zero-order valence-electron chi connectivity index (χ0n) is 15.8. The summed E-state index contributed by atoms with van der Waals surface area (Å²) in [7, 11) is -1.32. The molecule has 0 spiro atoms. The molecule has 0 fully saturated rings. The van der Waals surface area contributed by atoms with Gasteiger partial charge in [-0.3, -0.25) is 4.79 Å². The van der Waals surface area contributed by atoms with Gasteiger partial charge < -0.3 is 29.2 Å². The van der Waals surface area contributed by atoms with Gasteiger partial charge in [-0.15, -0.1) is 0 Å². The van der Waals surface area contributed by atoms with Crippen LogP contribution in [0, 0.1) is 0 Å². The van der Waals surface area contributed by atoms with Gasteiger partial charge >= 0.3 is 19.2 Å². The van der Waals surface area contributed by atoms with E-state index in [9.17, 15) is 19.4 Å². The molecule has 2 N–H and O–H groups in total. The molecule has 0 aliphatic carbocycles. The van der Waals surface area contributed by atoms with Crippen molar-refractivity contribution in [3.63, 3.8) is 0 Å². The highest BCUT2D eigenvalue weighted by atomic mass is 32.2. The quantitative estimate of drug-likeness (QED) is 0.387. The molecule has 1 atom stereocenters. The van der Waals surface area contributed by atoms with Crippen molar-refractivity contribution < 1.29 is 38.3 Å². The van der Waals surface area contributed by atoms with Crippen LogP contribution in [0.25, 0.3) is 0 Å². The fourth-order valence-corrected chi connectivity index (χ4v) is 2.87. The molecule has 1 amide bonds. The number of rotatable bonds is 7. The number of hydrogen-bond donors (Lipinski definition) is 2. The Morgan fingerprint density at radius 1 is 1.36 bits per heavy atom. The zero-order valence-corrected chi connectivity index (χ0v) is 16.6. The van der Waals surface area contributed by atoms with Crippen molar-refractivity contribution in [3.8, 4) is 5.75 Å². The van der Waals surface area contributed by atoms with E-state index >= 15 is 0 Å². The van der Waals surface area contributed by atoms with E-state index in [1.54, 1.807) is 32.2 Å². The Hall–Kier alpha value is -2.40. The van der Waals surface area contributed by atoms with Crippen molar-refractivity contribution in [1.82, 2.24) is 5.32 Å². The summed E-state index contributed by atoms with van der Waals surface area (Å²) < 4.78 is 19.8. The highest BCUT2D eigenvalue weighted by molar-refractivity contribution is 7.99. The van der Waals surface area contributed by atoms with E-state index < -0.39 is 32.0 Å². The molecule has 9 nitrogen and oxygen atoms in total. The topological polar surface area (TPSA) is 120 Å². The average molecular weight is 411 g/mol. The van der Waals surface area contributed by atoms with Crippen LogP contribution in [-0.2, 0) is 25.4 Å². The highest BCUT2D eigenvalue weighted by Gasteiger charge is 2.37. The number of fused-ring (bicyclic) bond motifs is 1. The smallest absolute Gasteiger partial charge is 0.534 e. The van der Waals surface area contributed by atoms with Crippen molar-refractivity contribution in [2.45, 2.75) is 32.3 Å². The van der Waals surface area contributed by atoms with Crippen LogP contribution in [0.15, 0.2) is 18.2 Å². The summed E-state index contributed by atoms with van der Waals surface area (Å²) in [5.41, 5.74) is 0.709. The largest absolute Gasteiger partial charge is 0.547 e. The lowest BCUT2D eigenvalue weighted by Crippen LogP contribution is -2.53. The van der Waals surface area contributed by atoms with Crippen LogP contribution in [-0.4, -0.2) is 61.0 Å². The molecular weight excluding hydrogens is 389 g/mol. The number of benzene rings is 1. The summed E-state index contributed by atoms with van der Waals surface area (Å²) in [6.45, 7) is 2.69. The van der Waals surface area contributed by atoms with Crippen LogP contribution in [0.3, 0.4) is 0 Å². The molecular formula is C17H22BNO8S. The number of amides is 1. The van der Waals surface area contributed by atoms with Gasteiger partial charge in [0.1, 0.15) is 11.3 Å². The van der Waals surface area contributed by atoms with E-state index in [-0.39, 0.29) is 35.5 Å². The Bertz CT molecular complexity index is 729. The Kier molecular flexibility index (Phi) is 8.00. The number of esters is 1. The molecule has 1 aromatic carbocycles. The van der Waals surface area contributed by atoms with Gasteiger partial charge in [-0.05, 0) is 38.2 Å². The minimum atomic E-state index is -1.32. The molecule has 2 rings (SSSR count). The molecule has 11 heteroatoms. The average Bonchev–Trinajstić information content (AvgIpc) is 2.61. The van der Waals surface area contributed by atoms with Crippen LogP contribution < -0.4 is 9.97 Å². The second-order valence-electron chi connectivity index (χ2n) is 6.22. The van der Waals surface area contributed by atoms with E-state index in [1.165, 1.54) is 17.8 Å². The normalized spacial score (nSPS) is 15.3. The predicted octanol–water partition coefficient (Wildman–Crippen LogP) is 1.16. The number of carbonyl (C=O) groups is 3. The Morgan fingerprint density at radius 2 is 2.11 bits per heavy atom. The zero-order chi connectivity index (χ0) is 20.7. The molecule has 28 heavy (non-hydrogen) atoms. The Morgan fingerprint density at radius 3 is 2.79 bits per heavy atom. The summed E-state index contributed by atoms with van der Waals surface area (Å²) in [6.07, 6.45) is 0.777. The number of hydrogen-bond acceptors (Lipinski definition) is 9. The molecule has 0 radical (unpaired) electrons. The molecule has 152 valence electrons. The first-order valence-electron chi connectivity index (χ1n) is 8.57. The maximum Gasteiger partial charge on any atom is 0.547 e. The fraction of sp³-hybridized carbons (Fsp3) is 0.471. The van der Waals surface area contributed by atoms with Gasteiger partial charge in [-0.2, -0.15) is 11.8 Å². The molecule has 0 aromatic heterocycles. The van der Waals surface area contributed by atoms with Gasteiger partial charge in [0.05, 0.1) is 17.8 Å². The van der Waals surface area contributed by atoms with Crippen LogP contribution in [0.2, 0.25) is 0 Å². The minimum absolute atomic E-state index is 0.0752. The number of carbonyl (C=O) groups excluding carboxylic acids is 3. The van der Waals surface area contributed by atoms with Crippen LogP contribution in [0.5, 0.6) is 5.75 Å². The van der Waals surface area contributed by atoms with Gasteiger partial charge in [-0.25, -0.2) is 9.59 Å². The van der Waals surface area contributed by atoms with Crippen LogP contribution in [0.1, 0.15) is 29.8 Å². The molecule has 1 aliphatic heterocycles. The molecule has 0 bridgehead atoms. The van der Waals surface area contributed by atoms with Crippen molar-refractivity contribution in [1.29, 1.82) is 0 Å². The summed E-state index contributed by atoms with van der Waals surface area (Å²) in [6, 6.07) is 4.82. The predicted molar refractivity (Wildman–Crippen MR) is 102 cm³/mol. The molecule has 0 saturated carbocycles. The molecule has 1 heterocycles. The van der Waals surface area contributed by atoms with Crippen LogP contribution >= 0.6 is 11.8 Å². The second-order valence-corrected chi connectivity index (χ2v) is 7.09. The lowest BCUT2D eigenvalue weighted by atomic mass is 9.72. The molecule has 0 saturated heterocycles. The van der Waals surface area contributed by atoms with E-state index in [2.05, 4.69) is 10.1 Å². The van der Waals surface area contributed by atoms with Gasteiger partial charge in [0, 0.05) is 0 Å². The summed E-state index contributed by atoms with van der Waals surface area (Å²) in [5, 5.41) is 12.9.